The van der Waals surface area contributed by atoms with E-state index in [9.17, 15) is 9.18 Å². The molecule has 1 aliphatic rings. The molecule has 6 heteroatoms. The SMILES string of the molecule is CC(C)C1CN(C(=O)c2ccn[nH]2)CCCN1Cc1ccc(F)cc1. The van der Waals surface area contributed by atoms with E-state index in [1.54, 1.807) is 12.3 Å². The summed E-state index contributed by atoms with van der Waals surface area (Å²) in [5.74, 6) is 0.207. The maximum atomic E-state index is 13.1. The van der Waals surface area contributed by atoms with Crippen LogP contribution < -0.4 is 0 Å². The topological polar surface area (TPSA) is 52.2 Å². The Bertz CT molecular complexity index is 684. The van der Waals surface area contributed by atoms with E-state index in [-0.39, 0.29) is 17.8 Å². The van der Waals surface area contributed by atoms with Crippen molar-refractivity contribution in [3.05, 3.63) is 53.6 Å². The standard InChI is InChI=1S/C19H25FN4O/c1-14(2)18-13-24(19(25)17-8-9-21-22-17)11-3-10-23(18)12-15-4-6-16(20)7-5-15/h4-9,14,18H,3,10-13H2,1-2H3,(H,21,22). The van der Waals surface area contributed by atoms with E-state index in [0.717, 1.165) is 31.6 Å². The van der Waals surface area contributed by atoms with Gasteiger partial charge in [-0.3, -0.25) is 14.8 Å². The molecule has 0 spiro atoms. The molecule has 25 heavy (non-hydrogen) atoms. The predicted molar refractivity (Wildman–Crippen MR) is 94.5 cm³/mol. The van der Waals surface area contributed by atoms with Gasteiger partial charge in [0.05, 0.1) is 0 Å². The molecule has 0 radical (unpaired) electrons. The van der Waals surface area contributed by atoms with Crippen LogP contribution in [0.1, 0.15) is 36.3 Å². The summed E-state index contributed by atoms with van der Waals surface area (Å²) in [6.07, 6.45) is 2.52. The smallest absolute Gasteiger partial charge is 0.271 e. The second-order valence-corrected chi connectivity index (χ2v) is 6.98. The van der Waals surface area contributed by atoms with Crippen molar-refractivity contribution in [2.45, 2.75) is 32.9 Å². The highest BCUT2D eigenvalue weighted by Gasteiger charge is 2.30. The molecule has 0 aliphatic carbocycles. The number of aromatic amines is 1. The van der Waals surface area contributed by atoms with Gasteiger partial charge in [-0.15, -0.1) is 0 Å². The second kappa shape index (κ2) is 7.78. The quantitative estimate of drug-likeness (QED) is 0.928. The van der Waals surface area contributed by atoms with Crippen molar-refractivity contribution in [3.63, 3.8) is 0 Å². The van der Waals surface area contributed by atoms with Crippen molar-refractivity contribution in [1.29, 1.82) is 0 Å². The summed E-state index contributed by atoms with van der Waals surface area (Å²) in [5.41, 5.74) is 1.63. The highest BCUT2D eigenvalue weighted by Crippen LogP contribution is 2.21. The Morgan fingerprint density at radius 3 is 2.68 bits per heavy atom. The number of carbonyl (C=O) groups is 1. The summed E-state index contributed by atoms with van der Waals surface area (Å²) >= 11 is 0. The summed E-state index contributed by atoms with van der Waals surface area (Å²) in [6, 6.07) is 8.67. The lowest BCUT2D eigenvalue weighted by Gasteiger charge is -2.34. The summed E-state index contributed by atoms with van der Waals surface area (Å²) in [4.78, 5) is 17.0. The Kier molecular flexibility index (Phi) is 5.48. The number of nitrogens with zero attached hydrogens (tertiary/aromatic N) is 3. The van der Waals surface area contributed by atoms with Crippen molar-refractivity contribution in [3.8, 4) is 0 Å². The average Bonchev–Trinajstić information content (AvgIpc) is 3.04. The number of carbonyl (C=O) groups excluding carboxylic acids is 1. The highest BCUT2D eigenvalue weighted by atomic mass is 19.1. The van der Waals surface area contributed by atoms with Gasteiger partial charge in [-0.2, -0.15) is 5.10 Å². The van der Waals surface area contributed by atoms with Crippen molar-refractivity contribution in [1.82, 2.24) is 20.0 Å². The van der Waals surface area contributed by atoms with Crippen LogP contribution in [0, 0.1) is 11.7 Å². The molecule has 2 heterocycles. The fourth-order valence-corrected chi connectivity index (χ4v) is 3.45. The fourth-order valence-electron chi connectivity index (χ4n) is 3.45. The van der Waals surface area contributed by atoms with Gasteiger partial charge in [0.1, 0.15) is 11.5 Å². The normalized spacial score (nSPS) is 19.2. The first-order valence-corrected chi connectivity index (χ1v) is 8.81. The van der Waals surface area contributed by atoms with E-state index in [2.05, 4.69) is 28.9 Å². The van der Waals surface area contributed by atoms with Crippen LogP contribution in [0.4, 0.5) is 4.39 Å². The molecule has 0 bridgehead atoms. The average molecular weight is 344 g/mol. The van der Waals surface area contributed by atoms with Gasteiger partial charge < -0.3 is 4.90 Å². The molecule has 0 saturated carbocycles. The third-order valence-corrected chi connectivity index (χ3v) is 4.84. The molecule has 1 aliphatic heterocycles. The van der Waals surface area contributed by atoms with Crippen LogP contribution in [0.3, 0.4) is 0 Å². The number of amides is 1. The Morgan fingerprint density at radius 1 is 1.28 bits per heavy atom. The number of nitrogens with one attached hydrogen (secondary N) is 1. The van der Waals surface area contributed by atoms with E-state index < -0.39 is 0 Å². The molecule has 1 saturated heterocycles. The van der Waals surface area contributed by atoms with Crippen molar-refractivity contribution in [2.24, 2.45) is 5.92 Å². The molecule has 1 atom stereocenters. The van der Waals surface area contributed by atoms with E-state index in [1.165, 1.54) is 12.1 Å². The summed E-state index contributed by atoms with van der Waals surface area (Å²) in [5, 5.41) is 6.64. The zero-order chi connectivity index (χ0) is 17.8. The molecule has 1 unspecified atom stereocenters. The first-order chi connectivity index (χ1) is 12.0. The van der Waals surface area contributed by atoms with E-state index in [0.29, 0.717) is 18.2 Å². The minimum atomic E-state index is -0.212. The van der Waals surface area contributed by atoms with Gasteiger partial charge in [-0.1, -0.05) is 26.0 Å². The first-order valence-electron chi connectivity index (χ1n) is 8.81. The van der Waals surface area contributed by atoms with Crippen LogP contribution in [-0.4, -0.2) is 51.6 Å². The van der Waals surface area contributed by atoms with Crippen molar-refractivity contribution < 1.29 is 9.18 Å². The molecule has 1 N–H and O–H groups in total. The molecular formula is C19H25FN4O. The molecule has 5 nitrogen and oxygen atoms in total. The van der Waals surface area contributed by atoms with E-state index in [4.69, 9.17) is 0 Å². The lowest BCUT2D eigenvalue weighted by atomic mass is 10.0. The van der Waals surface area contributed by atoms with Gasteiger partial charge in [-0.05, 0) is 36.1 Å². The van der Waals surface area contributed by atoms with Crippen LogP contribution >= 0.6 is 0 Å². The van der Waals surface area contributed by atoms with Gasteiger partial charge >= 0.3 is 0 Å². The Morgan fingerprint density at radius 2 is 2.04 bits per heavy atom. The van der Waals surface area contributed by atoms with Gasteiger partial charge in [0.25, 0.3) is 5.91 Å². The van der Waals surface area contributed by atoms with Crippen LogP contribution in [0.5, 0.6) is 0 Å². The van der Waals surface area contributed by atoms with E-state index >= 15 is 0 Å². The number of H-pyrrole nitrogens is 1. The van der Waals surface area contributed by atoms with Crippen LogP contribution in [-0.2, 0) is 6.54 Å². The lowest BCUT2D eigenvalue weighted by Crippen LogP contribution is -2.45. The van der Waals surface area contributed by atoms with Crippen molar-refractivity contribution in [2.75, 3.05) is 19.6 Å². The highest BCUT2D eigenvalue weighted by molar-refractivity contribution is 5.92. The van der Waals surface area contributed by atoms with Crippen LogP contribution in [0.15, 0.2) is 36.5 Å². The van der Waals surface area contributed by atoms with Gasteiger partial charge in [-0.25, -0.2) is 4.39 Å². The predicted octanol–water partition coefficient (Wildman–Crippen LogP) is 2.92. The molecule has 2 aromatic rings. The summed E-state index contributed by atoms with van der Waals surface area (Å²) < 4.78 is 13.1. The minimum Gasteiger partial charge on any atom is -0.336 e. The third kappa shape index (κ3) is 4.25. The Balaban J connectivity index is 1.74. The number of hydrogen-bond acceptors (Lipinski definition) is 3. The summed E-state index contributed by atoms with van der Waals surface area (Å²) in [6.45, 7) is 7.50. The lowest BCUT2D eigenvalue weighted by molar-refractivity contribution is 0.0696. The van der Waals surface area contributed by atoms with Crippen molar-refractivity contribution >= 4 is 5.91 Å². The molecule has 134 valence electrons. The summed E-state index contributed by atoms with van der Waals surface area (Å²) in [7, 11) is 0. The fraction of sp³-hybridized carbons (Fsp3) is 0.474. The number of aromatic nitrogens is 2. The molecule has 1 aromatic carbocycles. The first kappa shape index (κ1) is 17.6. The van der Waals surface area contributed by atoms with Gasteiger partial charge in [0.2, 0.25) is 0 Å². The molecule has 1 aromatic heterocycles. The number of hydrogen-bond donors (Lipinski definition) is 1. The molecule has 1 amide bonds. The maximum absolute atomic E-state index is 13.1. The monoisotopic (exact) mass is 344 g/mol. The number of benzene rings is 1. The Hall–Kier alpha value is -2.21. The van der Waals surface area contributed by atoms with Crippen LogP contribution in [0.2, 0.25) is 0 Å². The minimum absolute atomic E-state index is 0.00628. The molecule has 1 fully saturated rings. The second-order valence-electron chi connectivity index (χ2n) is 6.98. The number of halogens is 1. The van der Waals surface area contributed by atoms with E-state index in [1.807, 2.05) is 17.0 Å². The van der Waals surface area contributed by atoms with Gasteiger partial charge in [0, 0.05) is 38.4 Å². The number of rotatable bonds is 4. The molecular weight excluding hydrogens is 319 g/mol. The largest absolute Gasteiger partial charge is 0.336 e. The zero-order valence-corrected chi connectivity index (χ0v) is 14.8. The van der Waals surface area contributed by atoms with Gasteiger partial charge in [0.15, 0.2) is 0 Å². The zero-order valence-electron chi connectivity index (χ0n) is 14.8. The van der Waals surface area contributed by atoms with Crippen LogP contribution in [0.25, 0.3) is 0 Å². The molecule has 3 rings (SSSR count). The third-order valence-electron chi connectivity index (χ3n) is 4.84. The Labute approximate surface area is 147 Å². The maximum Gasteiger partial charge on any atom is 0.271 e.